The Morgan fingerprint density at radius 1 is 0.826 bits per heavy atom. The lowest BCUT2D eigenvalue weighted by molar-refractivity contribution is 0.102. The van der Waals surface area contributed by atoms with E-state index in [0.29, 0.717) is 22.7 Å². The second kappa shape index (κ2) is 6.66. The fraction of sp³-hybridized carbons (Fsp3) is 0. The number of nitrogens with one attached hydrogen (secondary N) is 1. The maximum atomic E-state index is 12.3. The van der Waals surface area contributed by atoms with Crippen LogP contribution in [0, 0.1) is 0 Å². The van der Waals surface area contributed by atoms with Crippen LogP contribution in [0.4, 0.5) is 11.4 Å². The van der Waals surface area contributed by atoms with Crippen LogP contribution in [0.1, 0.15) is 10.4 Å². The van der Waals surface area contributed by atoms with Crippen molar-refractivity contribution in [1.82, 2.24) is 0 Å². The highest BCUT2D eigenvalue weighted by Crippen LogP contribution is 2.24. The van der Waals surface area contributed by atoms with Crippen LogP contribution in [0.15, 0.2) is 78.9 Å². The van der Waals surface area contributed by atoms with Crippen LogP contribution in [0.25, 0.3) is 0 Å². The van der Waals surface area contributed by atoms with Crippen molar-refractivity contribution in [2.45, 2.75) is 0 Å². The van der Waals surface area contributed by atoms with Crippen molar-refractivity contribution in [1.29, 1.82) is 0 Å². The number of nitrogens with two attached hydrogens (primary N) is 1. The van der Waals surface area contributed by atoms with Crippen molar-refractivity contribution in [2.24, 2.45) is 0 Å². The minimum Gasteiger partial charge on any atom is -0.457 e. The molecule has 0 fully saturated rings. The molecule has 0 aliphatic rings. The Balaban J connectivity index is 1.75. The fourth-order valence-corrected chi connectivity index (χ4v) is 2.16. The summed E-state index contributed by atoms with van der Waals surface area (Å²) in [6, 6.07) is 23.7. The summed E-state index contributed by atoms with van der Waals surface area (Å²) >= 11 is 0. The molecule has 0 heterocycles. The number of nitrogen functional groups attached to an aromatic ring is 1. The fourth-order valence-electron chi connectivity index (χ4n) is 2.16. The lowest BCUT2D eigenvalue weighted by Gasteiger charge is -2.10. The molecule has 0 aromatic heterocycles. The van der Waals surface area contributed by atoms with E-state index in [1.165, 1.54) is 0 Å². The maximum Gasteiger partial charge on any atom is 0.257 e. The van der Waals surface area contributed by atoms with Gasteiger partial charge in [0, 0.05) is 17.4 Å². The van der Waals surface area contributed by atoms with Crippen molar-refractivity contribution in [2.75, 3.05) is 11.1 Å². The standard InChI is InChI=1S/C19H16N2O2/c20-18-12-5-4-11-17(18)19(22)21-14-7-6-10-16(13-14)23-15-8-2-1-3-9-15/h1-13H,20H2,(H,21,22). The van der Waals surface area contributed by atoms with Gasteiger partial charge >= 0.3 is 0 Å². The Kier molecular flexibility index (Phi) is 4.25. The third kappa shape index (κ3) is 3.68. The van der Waals surface area contributed by atoms with Gasteiger partial charge in [-0.1, -0.05) is 36.4 Å². The number of carbonyl (C=O) groups is 1. The number of hydrogen-bond donors (Lipinski definition) is 2. The first-order valence-electron chi connectivity index (χ1n) is 7.21. The van der Waals surface area contributed by atoms with E-state index >= 15 is 0 Å². The normalized spacial score (nSPS) is 10.1. The molecule has 114 valence electrons. The van der Waals surface area contributed by atoms with E-state index in [1.807, 2.05) is 42.5 Å². The highest BCUT2D eigenvalue weighted by atomic mass is 16.5. The van der Waals surface area contributed by atoms with Crippen LogP contribution in [0.3, 0.4) is 0 Å². The van der Waals surface area contributed by atoms with Gasteiger partial charge in [-0.25, -0.2) is 0 Å². The molecule has 23 heavy (non-hydrogen) atoms. The Bertz CT molecular complexity index is 816. The van der Waals surface area contributed by atoms with Gasteiger partial charge < -0.3 is 15.8 Å². The summed E-state index contributed by atoms with van der Waals surface area (Å²) in [5.74, 6) is 1.14. The molecule has 0 unspecified atom stereocenters. The predicted octanol–water partition coefficient (Wildman–Crippen LogP) is 4.31. The molecule has 3 aromatic carbocycles. The second-order valence-corrected chi connectivity index (χ2v) is 4.98. The molecule has 0 aliphatic heterocycles. The van der Waals surface area contributed by atoms with Gasteiger partial charge in [-0.15, -0.1) is 0 Å². The second-order valence-electron chi connectivity index (χ2n) is 4.98. The number of hydrogen-bond acceptors (Lipinski definition) is 3. The van der Waals surface area contributed by atoms with Gasteiger partial charge in [-0.3, -0.25) is 4.79 Å². The molecule has 3 aromatic rings. The molecule has 0 atom stereocenters. The molecular weight excluding hydrogens is 288 g/mol. The molecular formula is C19H16N2O2. The summed E-state index contributed by atoms with van der Waals surface area (Å²) < 4.78 is 5.75. The van der Waals surface area contributed by atoms with Gasteiger partial charge in [0.2, 0.25) is 0 Å². The van der Waals surface area contributed by atoms with E-state index in [4.69, 9.17) is 10.5 Å². The summed E-state index contributed by atoms with van der Waals surface area (Å²) in [6.07, 6.45) is 0. The molecule has 4 heteroatoms. The third-order valence-electron chi connectivity index (χ3n) is 3.28. The largest absolute Gasteiger partial charge is 0.457 e. The molecule has 1 amide bonds. The number of para-hydroxylation sites is 2. The average Bonchev–Trinajstić information content (AvgIpc) is 2.56. The predicted molar refractivity (Wildman–Crippen MR) is 91.8 cm³/mol. The van der Waals surface area contributed by atoms with Gasteiger partial charge in [0.05, 0.1) is 5.56 Å². The van der Waals surface area contributed by atoms with E-state index in [9.17, 15) is 4.79 Å². The van der Waals surface area contributed by atoms with Crippen LogP contribution in [-0.2, 0) is 0 Å². The van der Waals surface area contributed by atoms with E-state index < -0.39 is 0 Å². The Morgan fingerprint density at radius 3 is 2.30 bits per heavy atom. The van der Waals surface area contributed by atoms with Gasteiger partial charge in [-0.05, 0) is 36.4 Å². The lowest BCUT2D eigenvalue weighted by Crippen LogP contribution is -2.13. The van der Waals surface area contributed by atoms with Gasteiger partial charge in [0.25, 0.3) is 5.91 Å². The van der Waals surface area contributed by atoms with E-state index in [0.717, 1.165) is 5.75 Å². The summed E-state index contributed by atoms with van der Waals surface area (Å²) in [5.41, 5.74) is 7.36. The van der Waals surface area contributed by atoms with E-state index in [-0.39, 0.29) is 5.91 Å². The highest BCUT2D eigenvalue weighted by molar-refractivity contribution is 6.07. The van der Waals surface area contributed by atoms with E-state index in [1.54, 1.807) is 36.4 Å². The highest BCUT2D eigenvalue weighted by Gasteiger charge is 2.09. The number of anilines is 2. The van der Waals surface area contributed by atoms with Crippen LogP contribution in [0.5, 0.6) is 11.5 Å². The molecule has 0 bridgehead atoms. The monoisotopic (exact) mass is 304 g/mol. The molecule has 0 saturated heterocycles. The molecule has 3 rings (SSSR count). The zero-order chi connectivity index (χ0) is 16.1. The maximum absolute atomic E-state index is 12.3. The zero-order valence-corrected chi connectivity index (χ0v) is 12.4. The minimum atomic E-state index is -0.250. The number of amides is 1. The topological polar surface area (TPSA) is 64.4 Å². The molecule has 4 nitrogen and oxygen atoms in total. The molecule has 0 spiro atoms. The first-order chi connectivity index (χ1) is 11.2. The number of rotatable bonds is 4. The third-order valence-corrected chi connectivity index (χ3v) is 3.28. The minimum absolute atomic E-state index is 0.250. The summed E-state index contributed by atoms with van der Waals surface area (Å²) in [7, 11) is 0. The van der Waals surface area contributed by atoms with Gasteiger partial charge in [-0.2, -0.15) is 0 Å². The Hall–Kier alpha value is -3.27. The summed E-state index contributed by atoms with van der Waals surface area (Å²) in [4.78, 5) is 12.3. The molecule has 0 aliphatic carbocycles. The van der Waals surface area contributed by atoms with Crippen LogP contribution in [0.2, 0.25) is 0 Å². The van der Waals surface area contributed by atoms with Crippen molar-refractivity contribution >= 4 is 17.3 Å². The number of ether oxygens (including phenoxy) is 1. The first-order valence-corrected chi connectivity index (χ1v) is 7.21. The lowest BCUT2D eigenvalue weighted by atomic mass is 10.1. The number of carbonyl (C=O) groups excluding carboxylic acids is 1. The zero-order valence-electron chi connectivity index (χ0n) is 12.4. The van der Waals surface area contributed by atoms with Crippen molar-refractivity contribution in [3.05, 3.63) is 84.4 Å². The number of benzene rings is 3. The molecule has 0 saturated carbocycles. The van der Waals surface area contributed by atoms with Crippen LogP contribution >= 0.6 is 0 Å². The molecule has 0 radical (unpaired) electrons. The SMILES string of the molecule is Nc1ccccc1C(=O)Nc1cccc(Oc2ccccc2)c1. The quantitative estimate of drug-likeness (QED) is 0.706. The summed E-state index contributed by atoms with van der Waals surface area (Å²) in [5, 5.41) is 2.83. The Labute approximate surface area is 134 Å². The van der Waals surface area contributed by atoms with E-state index in [2.05, 4.69) is 5.32 Å². The average molecular weight is 304 g/mol. The van der Waals surface area contributed by atoms with Gasteiger partial charge in [0.1, 0.15) is 11.5 Å². The van der Waals surface area contributed by atoms with Crippen LogP contribution < -0.4 is 15.8 Å². The summed E-state index contributed by atoms with van der Waals surface area (Å²) in [6.45, 7) is 0. The molecule has 3 N–H and O–H groups in total. The van der Waals surface area contributed by atoms with Crippen molar-refractivity contribution in [3.63, 3.8) is 0 Å². The van der Waals surface area contributed by atoms with Crippen LogP contribution in [-0.4, -0.2) is 5.91 Å². The van der Waals surface area contributed by atoms with Crippen molar-refractivity contribution in [3.8, 4) is 11.5 Å². The Morgan fingerprint density at radius 2 is 1.52 bits per heavy atom. The first kappa shape index (κ1) is 14.7. The smallest absolute Gasteiger partial charge is 0.257 e. The van der Waals surface area contributed by atoms with Gasteiger partial charge in [0.15, 0.2) is 0 Å². The van der Waals surface area contributed by atoms with Crippen molar-refractivity contribution < 1.29 is 9.53 Å².